The van der Waals surface area contributed by atoms with Crippen molar-refractivity contribution in [1.29, 1.82) is 0 Å². The van der Waals surface area contributed by atoms with Crippen molar-refractivity contribution in [3.8, 4) is 5.75 Å². The summed E-state index contributed by atoms with van der Waals surface area (Å²) in [7, 11) is -1.62. The molecule has 1 atom stereocenters. The first-order valence-corrected chi connectivity index (χ1v) is 9.61. The lowest BCUT2D eigenvalue weighted by Gasteiger charge is -2.13. The predicted octanol–water partition coefficient (Wildman–Crippen LogP) is 2.99. The Balaban J connectivity index is 1.98. The third kappa shape index (κ3) is 5.46. The van der Waals surface area contributed by atoms with E-state index in [-0.39, 0.29) is 16.8 Å². The predicted molar refractivity (Wildman–Crippen MR) is 98.1 cm³/mol. The summed E-state index contributed by atoms with van der Waals surface area (Å²) in [6.45, 7) is 1.84. The van der Waals surface area contributed by atoms with E-state index in [4.69, 9.17) is 4.74 Å². The Morgan fingerprint density at radius 1 is 1.08 bits per heavy atom. The molecule has 0 saturated heterocycles. The minimum absolute atomic E-state index is 0.226. The number of rotatable bonds is 6. The van der Waals surface area contributed by atoms with Crippen LogP contribution >= 0.6 is 0 Å². The van der Waals surface area contributed by atoms with E-state index < -0.39 is 9.84 Å². The molecule has 0 heterocycles. The molecule has 5 nitrogen and oxygen atoms in total. The summed E-state index contributed by atoms with van der Waals surface area (Å²) >= 11 is 0. The molecule has 0 aliphatic rings. The fourth-order valence-corrected chi connectivity index (χ4v) is 2.87. The van der Waals surface area contributed by atoms with Crippen molar-refractivity contribution in [3.63, 3.8) is 0 Å². The van der Waals surface area contributed by atoms with Crippen LogP contribution in [0.2, 0.25) is 0 Å². The van der Waals surface area contributed by atoms with Crippen molar-refractivity contribution in [3.05, 3.63) is 65.7 Å². The lowest BCUT2D eigenvalue weighted by atomic mass is 10.1. The van der Waals surface area contributed by atoms with Crippen LogP contribution in [0.3, 0.4) is 0 Å². The fourth-order valence-electron chi connectivity index (χ4n) is 2.24. The Morgan fingerprint density at radius 2 is 1.68 bits per heavy atom. The Morgan fingerprint density at radius 3 is 2.20 bits per heavy atom. The molecule has 2 rings (SSSR count). The van der Waals surface area contributed by atoms with Crippen LogP contribution < -0.4 is 10.1 Å². The molecule has 0 radical (unpaired) electrons. The molecule has 0 spiro atoms. The number of carbonyl (C=O) groups excluding carboxylic acids is 1. The molecule has 25 heavy (non-hydrogen) atoms. The second-order valence-electron chi connectivity index (χ2n) is 5.68. The van der Waals surface area contributed by atoms with Crippen LogP contribution in [0.25, 0.3) is 6.08 Å². The lowest BCUT2D eigenvalue weighted by Crippen LogP contribution is -2.24. The van der Waals surface area contributed by atoms with Crippen molar-refractivity contribution in [2.24, 2.45) is 0 Å². The normalized spacial score (nSPS) is 12.8. The number of hydrogen-bond acceptors (Lipinski definition) is 4. The first-order chi connectivity index (χ1) is 11.8. The number of hydrogen-bond donors (Lipinski definition) is 1. The highest BCUT2D eigenvalue weighted by molar-refractivity contribution is 7.90. The maximum Gasteiger partial charge on any atom is 0.244 e. The molecule has 0 aliphatic carbocycles. The molecule has 1 N–H and O–H groups in total. The van der Waals surface area contributed by atoms with E-state index in [1.54, 1.807) is 37.5 Å². The van der Waals surface area contributed by atoms with Gasteiger partial charge in [-0.2, -0.15) is 0 Å². The Hall–Kier alpha value is -2.60. The number of ether oxygens (including phenoxy) is 1. The number of amides is 1. The van der Waals surface area contributed by atoms with E-state index in [1.807, 2.05) is 31.2 Å². The van der Waals surface area contributed by atoms with Crippen LogP contribution in [-0.2, 0) is 14.6 Å². The maximum absolute atomic E-state index is 12.0. The number of carbonyl (C=O) groups is 1. The van der Waals surface area contributed by atoms with Gasteiger partial charge >= 0.3 is 0 Å². The fraction of sp³-hybridized carbons (Fsp3) is 0.211. The van der Waals surface area contributed by atoms with Gasteiger partial charge in [0.25, 0.3) is 0 Å². The van der Waals surface area contributed by atoms with E-state index in [0.717, 1.165) is 23.1 Å². The van der Waals surface area contributed by atoms with E-state index in [1.165, 1.54) is 6.08 Å². The molecule has 1 unspecified atom stereocenters. The van der Waals surface area contributed by atoms with Crippen molar-refractivity contribution in [2.45, 2.75) is 17.9 Å². The highest BCUT2D eigenvalue weighted by Gasteiger charge is 2.10. The van der Waals surface area contributed by atoms with Crippen molar-refractivity contribution in [1.82, 2.24) is 5.32 Å². The Kier molecular flexibility index (Phi) is 5.98. The zero-order valence-corrected chi connectivity index (χ0v) is 15.2. The van der Waals surface area contributed by atoms with Crippen LogP contribution in [0.4, 0.5) is 0 Å². The number of methoxy groups -OCH3 is 1. The highest BCUT2D eigenvalue weighted by Crippen LogP contribution is 2.16. The first-order valence-electron chi connectivity index (χ1n) is 7.72. The van der Waals surface area contributed by atoms with Gasteiger partial charge in [0.05, 0.1) is 18.0 Å². The average molecular weight is 359 g/mol. The molecular formula is C19H21NO4S. The molecule has 0 bridgehead atoms. The Labute approximate surface area is 148 Å². The summed E-state index contributed by atoms with van der Waals surface area (Å²) in [4.78, 5) is 12.3. The van der Waals surface area contributed by atoms with E-state index in [0.29, 0.717) is 0 Å². The van der Waals surface area contributed by atoms with E-state index >= 15 is 0 Å². The first kappa shape index (κ1) is 18.7. The van der Waals surface area contributed by atoms with Crippen LogP contribution in [-0.4, -0.2) is 27.7 Å². The van der Waals surface area contributed by atoms with Gasteiger partial charge in [-0.25, -0.2) is 8.42 Å². The quantitative estimate of drug-likeness (QED) is 0.805. The molecule has 0 aromatic heterocycles. The van der Waals surface area contributed by atoms with Gasteiger partial charge in [0, 0.05) is 12.3 Å². The van der Waals surface area contributed by atoms with E-state index in [2.05, 4.69) is 5.32 Å². The minimum atomic E-state index is -3.22. The third-order valence-corrected chi connectivity index (χ3v) is 4.84. The van der Waals surface area contributed by atoms with Crippen LogP contribution in [0.5, 0.6) is 5.75 Å². The SMILES string of the molecule is COc1ccc(/C=C/C(=O)NC(C)c2ccc(S(C)(=O)=O)cc2)cc1. The van der Waals surface area contributed by atoms with Gasteiger partial charge in [-0.1, -0.05) is 24.3 Å². The molecule has 132 valence electrons. The second kappa shape index (κ2) is 7.98. The molecule has 2 aromatic rings. The summed E-state index contributed by atoms with van der Waals surface area (Å²) in [5.74, 6) is 0.531. The topological polar surface area (TPSA) is 72.5 Å². The number of benzene rings is 2. The molecule has 6 heteroatoms. The Bertz CT molecular complexity index is 853. The molecular weight excluding hydrogens is 338 g/mol. The van der Waals surface area contributed by atoms with Crippen molar-refractivity contribution in [2.75, 3.05) is 13.4 Å². The summed E-state index contributed by atoms with van der Waals surface area (Å²) in [6, 6.07) is 13.6. The smallest absolute Gasteiger partial charge is 0.244 e. The molecule has 0 saturated carbocycles. The molecule has 0 fully saturated rings. The maximum atomic E-state index is 12.0. The molecule has 2 aromatic carbocycles. The summed E-state index contributed by atoms with van der Waals surface area (Å²) in [5, 5.41) is 2.85. The summed E-state index contributed by atoms with van der Waals surface area (Å²) in [6.07, 6.45) is 4.34. The standard InChI is InChI=1S/C19H21NO4S/c1-14(16-7-11-18(12-8-16)25(3,22)23)20-19(21)13-6-15-4-9-17(24-2)10-5-15/h4-14H,1-3H3,(H,20,21)/b13-6+. The largest absolute Gasteiger partial charge is 0.497 e. The summed E-state index contributed by atoms with van der Waals surface area (Å²) in [5.41, 5.74) is 1.72. The molecule has 0 aliphatic heterocycles. The van der Waals surface area contributed by atoms with Gasteiger partial charge in [-0.05, 0) is 48.4 Å². The van der Waals surface area contributed by atoms with Crippen LogP contribution in [0, 0.1) is 0 Å². The lowest BCUT2D eigenvalue weighted by molar-refractivity contribution is -0.117. The van der Waals surface area contributed by atoms with Gasteiger partial charge in [0.1, 0.15) is 5.75 Å². The number of nitrogens with one attached hydrogen (secondary N) is 1. The minimum Gasteiger partial charge on any atom is -0.497 e. The van der Waals surface area contributed by atoms with Crippen LogP contribution in [0.15, 0.2) is 59.5 Å². The summed E-state index contributed by atoms with van der Waals surface area (Å²) < 4.78 is 28.0. The monoisotopic (exact) mass is 359 g/mol. The van der Waals surface area contributed by atoms with Crippen molar-refractivity contribution < 1.29 is 17.9 Å². The highest BCUT2D eigenvalue weighted by atomic mass is 32.2. The van der Waals surface area contributed by atoms with Crippen molar-refractivity contribution >= 4 is 21.8 Å². The zero-order valence-electron chi connectivity index (χ0n) is 14.4. The third-order valence-electron chi connectivity index (χ3n) is 3.71. The second-order valence-corrected chi connectivity index (χ2v) is 7.69. The average Bonchev–Trinajstić information content (AvgIpc) is 2.59. The van der Waals surface area contributed by atoms with Gasteiger partial charge in [-0.15, -0.1) is 0 Å². The molecule has 1 amide bonds. The van der Waals surface area contributed by atoms with Gasteiger partial charge in [-0.3, -0.25) is 4.79 Å². The van der Waals surface area contributed by atoms with Gasteiger partial charge < -0.3 is 10.1 Å². The van der Waals surface area contributed by atoms with Crippen LogP contribution in [0.1, 0.15) is 24.1 Å². The van der Waals surface area contributed by atoms with E-state index in [9.17, 15) is 13.2 Å². The number of sulfone groups is 1. The zero-order chi connectivity index (χ0) is 18.4. The van der Waals surface area contributed by atoms with Gasteiger partial charge in [0.2, 0.25) is 5.91 Å². The van der Waals surface area contributed by atoms with Gasteiger partial charge in [0.15, 0.2) is 9.84 Å².